The normalized spacial score (nSPS) is 24.8. The number of hydrogen-bond acceptors (Lipinski definition) is 7. The van der Waals surface area contributed by atoms with Crippen molar-refractivity contribution in [2.45, 2.75) is 68.2 Å². The highest BCUT2D eigenvalue weighted by Gasteiger charge is 2.51. The van der Waals surface area contributed by atoms with Crippen molar-refractivity contribution in [2.24, 2.45) is 0 Å². The highest BCUT2D eigenvalue weighted by Crippen LogP contribution is 2.59. The van der Waals surface area contributed by atoms with E-state index in [4.69, 9.17) is 4.74 Å². The Bertz CT molecular complexity index is 1420. The van der Waals surface area contributed by atoms with Crippen molar-refractivity contribution >= 4 is 16.9 Å². The molecule has 0 bridgehead atoms. The number of aromatic nitrogens is 3. The Morgan fingerprint density at radius 1 is 1.17 bits per heavy atom. The largest absolute Gasteiger partial charge is 0.465 e. The van der Waals surface area contributed by atoms with E-state index in [1.54, 1.807) is 0 Å². The van der Waals surface area contributed by atoms with Gasteiger partial charge in [-0.15, -0.1) is 5.10 Å². The standard InChI is InChI=1S/C28H32F5N3O5S/c1-14-19(29)9-16(10-20(14)30)21-11-36(35-34-21)24-22(38)13-42(23(25(24)39)12-41-15(2)37)26(27(3,4)40)17-7-5-6-8-18(17)28(31,32)33/h5-11,22-26,38-40,42H,12-13H2,1-4H3/t22-,23+,24-,25-,26?/m0/s1. The summed E-state index contributed by atoms with van der Waals surface area (Å²) in [7, 11) is -1.89. The third-order valence-electron chi connectivity index (χ3n) is 7.37. The maximum absolute atomic E-state index is 14.2. The molecule has 1 saturated heterocycles. The van der Waals surface area contributed by atoms with Crippen LogP contribution in [0, 0.1) is 18.6 Å². The van der Waals surface area contributed by atoms with Gasteiger partial charge < -0.3 is 20.1 Å². The fourth-order valence-electron chi connectivity index (χ4n) is 5.44. The van der Waals surface area contributed by atoms with E-state index in [1.807, 2.05) is 0 Å². The maximum atomic E-state index is 14.2. The number of aliphatic hydroxyl groups is 3. The molecule has 0 radical (unpaired) electrons. The number of esters is 1. The Balaban J connectivity index is 1.77. The van der Waals surface area contributed by atoms with Crippen molar-refractivity contribution in [2.75, 3.05) is 12.4 Å². The highest BCUT2D eigenvalue weighted by molar-refractivity contribution is 8.18. The molecule has 42 heavy (non-hydrogen) atoms. The van der Waals surface area contributed by atoms with Crippen LogP contribution in [0.3, 0.4) is 0 Å². The molecule has 14 heteroatoms. The Morgan fingerprint density at radius 2 is 1.79 bits per heavy atom. The van der Waals surface area contributed by atoms with E-state index >= 15 is 0 Å². The monoisotopic (exact) mass is 617 g/mol. The fraction of sp³-hybridized carbons (Fsp3) is 0.464. The fourth-order valence-corrected chi connectivity index (χ4v) is 9.19. The summed E-state index contributed by atoms with van der Waals surface area (Å²) in [6.45, 7) is 4.71. The van der Waals surface area contributed by atoms with Gasteiger partial charge in [0.15, 0.2) is 0 Å². The van der Waals surface area contributed by atoms with Gasteiger partial charge in [0.25, 0.3) is 0 Å². The lowest BCUT2D eigenvalue weighted by Crippen LogP contribution is -2.52. The van der Waals surface area contributed by atoms with Crippen LogP contribution in [0.2, 0.25) is 0 Å². The maximum Gasteiger partial charge on any atom is 0.416 e. The van der Waals surface area contributed by atoms with E-state index in [1.165, 1.54) is 45.2 Å². The summed E-state index contributed by atoms with van der Waals surface area (Å²) in [6.07, 6.45) is -6.38. The second-order valence-corrected chi connectivity index (χ2v) is 13.5. The zero-order valence-electron chi connectivity index (χ0n) is 23.2. The Hall–Kier alpha value is -3.07. The molecule has 2 aromatic carbocycles. The van der Waals surface area contributed by atoms with Gasteiger partial charge in [-0.25, -0.2) is 24.4 Å². The molecule has 1 aromatic heterocycles. The van der Waals surface area contributed by atoms with Gasteiger partial charge in [0.1, 0.15) is 30.0 Å². The minimum absolute atomic E-state index is 0.0463. The number of halogens is 5. The number of nitrogens with zero attached hydrogens (tertiary/aromatic N) is 3. The van der Waals surface area contributed by atoms with Crippen LogP contribution in [0.25, 0.3) is 11.3 Å². The second kappa shape index (κ2) is 11.9. The third-order valence-corrected chi connectivity index (χ3v) is 11.0. The molecule has 2 unspecified atom stereocenters. The second-order valence-electron chi connectivity index (χ2n) is 10.9. The molecule has 2 heterocycles. The molecule has 1 aliphatic rings. The van der Waals surface area contributed by atoms with Crippen LogP contribution < -0.4 is 0 Å². The van der Waals surface area contributed by atoms with Crippen LogP contribution >= 0.6 is 10.9 Å². The van der Waals surface area contributed by atoms with E-state index < -0.39 is 81.2 Å². The zero-order valence-corrected chi connectivity index (χ0v) is 24.1. The molecule has 0 saturated carbocycles. The molecule has 0 aliphatic carbocycles. The molecule has 1 aliphatic heterocycles. The quantitative estimate of drug-likeness (QED) is 0.178. The van der Waals surface area contributed by atoms with Gasteiger partial charge in [0.2, 0.25) is 0 Å². The molecule has 0 amide bonds. The topological polar surface area (TPSA) is 118 Å². The van der Waals surface area contributed by atoms with Gasteiger partial charge in [-0.1, -0.05) is 23.4 Å². The van der Waals surface area contributed by atoms with Crippen molar-refractivity contribution < 1.29 is 46.8 Å². The Labute approximate surface area is 241 Å². The lowest BCUT2D eigenvalue weighted by atomic mass is 9.93. The number of carbonyl (C=O) groups is 1. The summed E-state index contributed by atoms with van der Waals surface area (Å²) in [5, 5.41) is 39.8. The zero-order chi connectivity index (χ0) is 31.1. The van der Waals surface area contributed by atoms with Crippen LogP contribution in [0.15, 0.2) is 42.6 Å². The summed E-state index contributed by atoms with van der Waals surface area (Å²) in [6, 6.07) is 5.72. The summed E-state index contributed by atoms with van der Waals surface area (Å²) in [5.74, 6) is -2.46. The SMILES string of the molecule is CC(=O)OC[C@@H]1[C@H](O)[C@@H](n2cc(-c3cc(F)c(C)c(F)c3)nn2)[C@@H](O)C[SH]1C(c1ccccc1C(F)(F)F)C(C)(C)O. The van der Waals surface area contributed by atoms with E-state index in [-0.39, 0.29) is 28.1 Å². The lowest BCUT2D eigenvalue weighted by molar-refractivity contribution is -0.141. The van der Waals surface area contributed by atoms with Crippen LogP contribution in [-0.2, 0) is 15.7 Å². The predicted octanol–water partition coefficient (Wildman–Crippen LogP) is 4.27. The van der Waals surface area contributed by atoms with E-state index in [9.17, 15) is 42.1 Å². The summed E-state index contributed by atoms with van der Waals surface area (Å²) >= 11 is 0. The van der Waals surface area contributed by atoms with E-state index in [2.05, 4.69) is 10.3 Å². The third kappa shape index (κ3) is 6.46. The Kier molecular flexibility index (Phi) is 9.03. The lowest BCUT2D eigenvalue weighted by Gasteiger charge is -2.51. The Morgan fingerprint density at radius 3 is 2.36 bits per heavy atom. The molecule has 6 atom stereocenters. The van der Waals surface area contributed by atoms with Gasteiger partial charge >= 0.3 is 12.1 Å². The first-order valence-corrected chi connectivity index (χ1v) is 14.7. The minimum atomic E-state index is -4.75. The van der Waals surface area contributed by atoms with E-state index in [0.29, 0.717) is 0 Å². The average Bonchev–Trinajstić information content (AvgIpc) is 3.35. The van der Waals surface area contributed by atoms with Gasteiger partial charge in [0.05, 0.1) is 29.6 Å². The molecule has 8 nitrogen and oxygen atoms in total. The smallest absolute Gasteiger partial charge is 0.416 e. The summed E-state index contributed by atoms with van der Waals surface area (Å²) < 4.78 is 76.8. The molecule has 3 aromatic rings. The highest BCUT2D eigenvalue weighted by atomic mass is 32.2. The molecule has 3 N–H and O–H groups in total. The van der Waals surface area contributed by atoms with Crippen LogP contribution in [0.1, 0.15) is 48.8 Å². The number of carbonyl (C=O) groups excluding carboxylic acids is 1. The van der Waals surface area contributed by atoms with Gasteiger partial charge in [-0.05, 0) is 44.5 Å². The summed E-state index contributed by atoms with van der Waals surface area (Å²) in [5.41, 5.74) is -2.99. The first-order valence-electron chi connectivity index (χ1n) is 13.0. The van der Waals surface area contributed by atoms with Crippen molar-refractivity contribution in [1.82, 2.24) is 15.0 Å². The van der Waals surface area contributed by atoms with Crippen molar-refractivity contribution in [1.29, 1.82) is 0 Å². The van der Waals surface area contributed by atoms with E-state index in [0.717, 1.165) is 29.8 Å². The number of thiol groups is 1. The number of aliphatic hydroxyl groups excluding tert-OH is 2. The molecule has 1 fully saturated rings. The average molecular weight is 618 g/mol. The summed E-state index contributed by atoms with van der Waals surface area (Å²) in [4.78, 5) is 11.7. The number of ether oxygens (including phenoxy) is 1. The van der Waals surface area contributed by atoms with Gasteiger partial charge in [-0.2, -0.15) is 13.2 Å². The minimum Gasteiger partial charge on any atom is -0.465 e. The number of benzene rings is 2. The predicted molar refractivity (Wildman–Crippen MR) is 146 cm³/mol. The van der Waals surface area contributed by atoms with Crippen molar-refractivity contribution in [3.63, 3.8) is 0 Å². The first kappa shape index (κ1) is 31.9. The van der Waals surface area contributed by atoms with Crippen molar-refractivity contribution in [3.8, 4) is 11.3 Å². The van der Waals surface area contributed by atoms with Crippen LogP contribution in [0.4, 0.5) is 22.0 Å². The molecule has 230 valence electrons. The van der Waals surface area contributed by atoms with Crippen LogP contribution in [0.5, 0.6) is 0 Å². The first-order chi connectivity index (χ1) is 19.5. The molecular weight excluding hydrogens is 585 g/mol. The number of rotatable bonds is 7. The number of hydrogen-bond donors (Lipinski definition) is 4. The molecule has 4 rings (SSSR count). The molecular formula is C28H32F5N3O5S. The van der Waals surface area contributed by atoms with Crippen molar-refractivity contribution in [3.05, 3.63) is 70.9 Å². The van der Waals surface area contributed by atoms with Gasteiger partial charge in [-0.3, -0.25) is 4.79 Å². The molecule has 0 spiro atoms. The van der Waals surface area contributed by atoms with Crippen LogP contribution in [-0.4, -0.2) is 71.7 Å². The van der Waals surface area contributed by atoms with Gasteiger partial charge in [0, 0.05) is 34.3 Å². The number of alkyl halides is 3.